The Morgan fingerprint density at radius 1 is 0.923 bits per heavy atom. The lowest BCUT2D eigenvalue weighted by molar-refractivity contribution is -0.393. The Bertz CT molecular complexity index is 726. The van der Waals surface area contributed by atoms with Crippen molar-refractivity contribution in [2.45, 2.75) is 64.2 Å². The molecule has 8 nitrogen and oxygen atoms in total. The molecule has 8 heteroatoms. The average Bonchev–Trinajstić information content (AvgIpc) is 3.08. The molecule has 0 unspecified atom stereocenters. The topological polar surface area (TPSA) is 111 Å². The number of nitrogens with zero attached hydrogens (tertiary/aromatic N) is 3. The second-order valence-electron chi connectivity index (χ2n) is 7.29. The lowest BCUT2D eigenvalue weighted by Gasteiger charge is -2.32. The van der Waals surface area contributed by atoms with Crippen LogP contribution in [0.2, 0.25) is 0 Å². The van der Waals surface area contributed by atoms with Crippen molar-refractivity contribution in [1.29, 1.82) is 0 Å². The van der Waals surface area contributed by atoms with Gasteiger partial charge in [0.2, 0.25) is 0 Å². The van der Waals surface area contributed by atoms with Crippen LogP contribution in [0, 0.1) is 25.6 Å². The van der Waals surface area contributed by atoms with E-state index < -0.39 is 9.85 Å². The van der Waals surface area contributed by atoms with Crippen LogP contribution in [0.5, 0.6) is 0 Å². The van der Waals surface area contributed by atoms with Crippen LogP contribution in [-0.4, -0.2) is 15.6 Å². The van der Waals surface area contributed by atoms with Gasteiger partial charge < -0.3 is 0 Å². The molecule has 0 radical (unpaired) electrons. The monoisotopic (exact) mass is 360 g/mol. The van der Waals surface area contributed by atoms with E-state index in [-0.39, 0.29) is 22.5 Å². The third kappa shape index (κ3) is 3.84. The van der Waals surface area contributed by atoms with Crippen molar-refractivity contribution in [2.24, 2.45) is 10.5 Å². The van der Waals surface area contributed by atoms with E-state index in [0.29, 0.717) is 0 Å². The van der Waals surface area contributed by atoms with Gasteiger partial charge in [0.15, 0.2) is 0 Å². The minimum absolute atomic E-state index is 0.128. The lowest BCUT2D eigenvalue weighted by atomic mass is 9.73. The average molecular weight is 360 g/mol. The van der Waals surface area contributed by atoms with Gasteiger partial charge in [0.1, 0.15) is 5.69 Å². The van der Waals surface area contributed by atoms with E-state index in [1.807, 2.05) is 0 Å². The Morgan fingerprint density at radius 3 is 2.23 bits per heavy atom. The molecule has 1 N–H and O–H groups in total. The van der Waals surface area contributed by atoms with Gasteiger partial charge >= 0.3 is 5.69 Å². The van der Waals surface area contributed by atoms with Crippen LogP contribution >= 0.6 is 0 Å². The molecule has 0 heterocycles. The number of hydrazone groups is 1. The molecule has 1 aromatic rings. The first kappa shape index (κ1) is 18.3. The second kappa shape index (κ2) is 7.80. The van der Waals surface area contributed by atoms with Gasteiger partial charge in [-0.15, -0.1) is 0 Å². The molecular weight excluding hydrogens is 336 g/mol. The Morgan fingerprint density at radius 2 is 1.58 bits per heavy atom. The SMILES string of the molecule is O=[N+]([O-])c1ccc(N/N=C2\CCCCCCC23CCCC3)c([N+](=O)[O-])c1. The highest BCUT2D eigenvalue weighted by atomic mass is 16.6. The third-order valence-electron chi connectivity index (χ3n) is 5.69. The van der Waals surface area contributed by atoms with Crippen LogP contribution in [0.25, 0.3) is 0 Å². The number of non-ortho nitro benzene ring substituents is 1. The summed E-state index contributed by atoms with van der Waals surface area (Å²) < 4.78 is 0. The van der Waals surface area contributed by atoms with E-state index in [1.165, 1.54) is 44.2 Å². The predicted molar refractivity (Wildman–Crippen MR) is 99.4 cm³/mol. The standard InChI is InChI=1S/C18H24N4O4/c23-21(24)14-8-9-15(16(13-14)22(25)26)19-20-17-7-3-1-2-4-10-18(17)11-5-6-12-18/h8-9,13,19H,1-7,10-12H2/b20-17+. The summed E-state index contributed by atoms with van der Waals surface area (Å²) in [6.45, 7) is 0. The van der Waals surface area contributed by atoms with Crippen molar-refractivity contribution in [3.63, 3.8) is 0 Å². The van der Waals surface area contributed by atoms with Crippen LogP contribution < -0.4 is 5.43 Å². The van der Waals surface area contributed by atoms with Crippen LogP contribution in [-0.2, 0) is 0 Å². The van der Waals surface area contributed by atoms with E-state index in [0.717, 1.165) is 43.9 Å². The molecule has 1 spiro atoms. The normalized spacial score (nSPS) is 21.3. The maximum Gasteiger partial charge on any atom is 0.301 e. The van der Waals surface area contributed by atoms with Gasteiger partial charge in [0.25, 0.3) is 5.69 Å². The number of nitro groups is 2. The number of benzene rings is 1. The number of hydrogen-bond donors (Lipinski definition) is 1. The summed E-state index contributed by atoms with van der Waals surface area (Å²) in [5.74, 6) is 0. The highest BCUT2D eigenvalue weighted by Gasteiger charge is 2.38. The zero-order chi connectivity index (χ0) is 18.6. The number of rotatable bonds is 4. The third-order valence-corrected chi connectivity index (χ3v) is 5.69. The maximum atomic E-state index is 11.3. The van der Waals surface area contributed by atoms with E-state index in [4.69, 9.17) is 0 Å². The van der Waals surface area contributed by atoms with Gasteiger partial charge in [-0.3, -0.25) is 25.7 Å². The molecule has 0 aromatic heterocycles. The lowest BCUT2D eigenvalue weighted by Crippen LogP contribution is -2.30. The first-order valence-corrected chi connectivity index (χ1v) is 9.28. The molecule has 0 saturated heterocycles. The summed E-state index contributed by atoms with van der Waals surface area (Å²) >= 11 is 0. The molecule has 0 aliphatic heterocycles. The molecule has 2 aliphatic carbocycles. The maximum absolute atomic E-state index is 11.3. The van der Waals surface area contributed by atoms with Crippen molar-refractivity contribution in [1.82, 2.24) is 0 Å². The molecule has 0 bridgehead atoms. The molecule has 2 aliphatic rings. The fourth-order valence-corrected chi connectivity index (χ4v) is 4.29. The van der Waals surface area contributed by atoms with E-state index in [2.05, 4.69) is 10.5 Å². The summed E-state index contributed by atoms with van der Waals surface area (Å²) in [7, 11) is 0. The summed E-state index contributed by atoms with van der Waals surface area (Å²) in [6.07, 6.45) is 11.5. The van der Waals surface area contributed by atoms with Crippen LogP contribution in [0.4, 0.5) is 17.1 Å². The summed E-state index contributed by atoms with van der Waals surface area (Å²) in [6, 6.07) is 3.61. The van der Waals surface area contributed by atoms with Crippen LogP contribution in [0.1, 0.15) is 64.2 Å². The molecular formula is C18H24N4O4. The Hall–Kier alpha value is -2.51. The zero-order valence-corrected chi connectivity index (χ0v) is 14.8. The van der Waals surface area contributed by atoms with Crippen LogP contribution in [0.15, 0.2) is 23.3 Å². The number of nitrogens with one attached hydrogen (secondary N) is 1. The van der Waals surface area contributed by atoms with Crippen molar-refractivity contribution in [3.05, 3.63) is 38.4 Å². The van der Waals surface area contributed by atoms with Crippen LogP contribution in [0.3, 0.4) is 0 Å². The summed E-state index contributed by atoms with van der Waals surface area (Å²) in [4.78, 5) is 20.9. The fraction of sp³-hybridized carbons (Fsp3) is 0.611. The first-order valence-electron chi connectivity index (χ1n) is 9.28. The van der Waals surface area contributed by atoms with Gasteiger partial charge in [0.05, 0.1) is 15.9 Å². The van der Waals surface area contributed by atoms with Crippen molar-refractivity contribution in [2.75, 3.05) is 5.43 Å². The highest BCUT2D eigenvalue weighted by molar-refractivity contribution is 5.91. The number of hydrogen-bond acceptors (Lipinski definition) is 6. The molecule has 0 amide bonds. The number of nitro benzene ring substituents is 2. The zero-order valence-electron chi connectivity index (χ0n) is 14.8. The minimum Gasteiger partial charge on any atom is -0.272 e. The molecule has 3 rings (SSSR count). The van der Waals surface area contributed by atoms with E-state index in [9.17, 15) is 20.2 Å². The van der Waals surface area contributed by atoms with Gasteiger partial charge in [0, 0.05) is 17.2 Å². The van der Waals surface area contributed by atoms with Gasteiger partial charge in [-0.2, -0.15) is 5.10 Å². The second-order valence-corrected chi connectivity index (χ2v) is 7.29. The Balaban J connectivity index is 1.89. The molecule has 0 atom stereocenters. The van der Waals surface area contributed by atoms with E-state index >= 15 is 0 Å². The molecule has 2 saturated carbocycles. The quantitative estimate of drug-likeness (QED) is 0.587. The minimum atomic E-state index is -0.634. The van der Waals surface area contributed by atoms with Gasteiger partial charge in [-0.1, -0.05) is 32.1 Å². The Kier molecular flexibility index (Phi) is 5.49. The molecule has 26 heavy (non-hydrogen) atoms. The van der Waals surface area contributed by atoms with Gasteiger partial charge in [-0.05, 0) is 38.2 Å². The molecule has 2 fully saturated rings. The summed E-state index contributed by atoms with van der Waals surface area (Å²) in [5, 5.41) is 26.8. The number of anilines is 1. The molecule has 1 aromatic carbocycles. The Labute approximate surface area is 152 Å². The smallest absolute Gasteiger partial charge is 0.272 e. The first-order chi connectivity index (χ1) is 12.5. The van der Waals surface area contributed by atoms with E-state index in [1.54, 1.807) is 0 Å². The van der Waals surface area contributed by atoms with Crippen molar-refractivity contribution >= 4 is 22.8 Å². The molecule has 140 valence electrons. The largest absolute Gasteiger partial charge is 0.301 e. The van der Waals surface area contributed by atoms with Gasteiger partial charge in [-0.25, -0.2) is 0 Å². The van der Waals surface area contributed by atoms with Crippen molar-refractivity contribution < 1.29 is 9.85 Å². The van der Waals surface area contributed by atoms with Crippen molar-refractivity contribution in [3.8, 4) is 0 Å². The predicted octanol–water partition coefficient (Wildman–Crippen LogP) is 5.19. The fourth-order valence-electron chi connectivity index (χ4n) is 4.29. The summed E-state index contributed by atoms with van der Waals surface area (Å²) in [5.41, 5.74) is 3.67. The highest BCUT2D eigenvalue weighted by Crippen LogP contribution is 2.46.